The van der Waals surface area contributed by atoms with Gasteiger partial charge < -0.3 is 9.52 Å². The number of benzene rings is 1. The Morgan fingerprint density at radius 2 is 2.04 bits per heavy atom. The van der Waals surface area contributed by atoms with Crippen LogP contribution in [0.1, 0.15) is 11.3 Å². The summed E-state index contributed by atoms with van der Waals surface area (Å²) in [5.41, 5.74) is 0.828. The van der Waals surface area contributed by atoms with Crippen LogP contribution >= 0.6 is 24.0 Å². The maximum absolute atomic E-state index is 12.6. The standard InChI is InChI=1S/C17H13NO4S2/c19-15-14(10-12-7-4-8-22-12)24-17(23)18(15)13(16(20)21)9-11-5-2-1-3-6-11/h1-8,10,13H,9H2,(H,20,21). The number of thioether (sulfide) groups is 1. The van der Waals surface area contributed by atoms with E-state index in [0.717, 1.165) is 17.3 Å². The van der Waals surface area contributed by atoms with Crippen molar-refractivity contribution in [3.63, 3.8) is 0 Å². The first kappa shape index (κ1) is 16.5. The highest BCUT2D eigenvalue weighted by Crippen LogP contribution is 2.34. The number of carboxylic acids is 1. The maximum atomic E-state index is 12.6. The molecule has 1 N–H and O–H groups in total. The predicted octanol–water partition coefficient (Wildman–Crippen LogP) is 3.18. The molecular weight excluding hydrogens is 346 g/mol. The van der Waals surface area contributed by atoms with Crippen LogP contribution in [0.15, 0.2) is 58.1 Å². The summed E-state index contributed by atoms with van der Waals surface area (Å²) in [6.07, 6.45) is 3.26. The fourth-order valence-corrected chi connectivity index (χ4v) is 3.71. The molecule has 5 nitrogen and oxygen atoms in total. The zero-order chi connectivity index (χ0) is 17.1. The average molecular weight is 359 g/mol. The molecule has 1 atom stereocenters. The zero-order valence-electron chi connectivity index (χ0n) is 12.4. The van der Waals surface area contributed by atoms with E-state index in [4.69, 9.17) is 16.6 Å². The lowest BCUT2D eigenvalue weighted by Crippen LogP contribution is -2.45. The monoisotopic (exact) mass is 359 g/mol. The van der Waals surface area contributed by atoms with Gasteiger partial charge in [0.1, 0.15) is 16.1 Å². The number of amides is 1. The molecule has 1 aromatic heterocycles. The minimum absolute atomic E-state index is 0.191. The van der Waals surface area contributed by atoms with Crippen LogP contribution < -0.4 is 0 Å². The van der Waals surface area contributed by atoms with Crippen molar-refractivity contribution in [1.29, 1.82) is 0 Å². The van der Waals surface area contributed by atoms with Crippen molar-refractivity contribution >= 4 is 46.3 Å². The van der Waals surface area contributed by atoms with Crippen LogP contribution in [0.5, 0.6) is 0 Å². The molecule has 1 aliphatic rings. The number of hydrogen-bond acceptors (Lipinski definition) is 5. The lowest BCUT2D eigenvalue weighted by molar-refractivity contribution is -0.145. The fraction of sp³-hybridized carbons (Fsp3) is 0.118. The van der Waals surface area contributed by atoms with E-state index in [-0.39, 0.29) is 10.7 Å². The Kier molecular flexibility index (Phi) is 4.82. The lowest BCUT2D eigenvalue weighted by atomic mass is 10.0. The van der Waals surface area contributed by atoms with Gasteiger partial charge in [-0.25, -0.2) is 4.79 Å². The van der Waals surface area contributed by atoms with Gasteiger partial charge in [-0.1, -0.05) is 54.3 Å². The summed E-state index contributed by atoms with van der Waals surface area (Å²) in [6, 6.07) is 11.5. The van der Waals surface area contributed by atoms with Crippen LogP contribution in [0.25, 0.3) is 6.08 Å². The summed E-state index contributed by atoms with van der Waals surface area (Å²) in [4.78, 5) is 25.9. The SMILES string of the molecule is O=C(O)C(Cc1ccccc1)N1C(=O)C(=Cc2ccco2)SC1=S. The molecule has 0 saturated carbocycles. The molecule has 24 heavy (non-hydrogen) atoms. The quantitative estimate of drug-likeness (QED) is 0.653. The fourth-order valence-electron chi connectivity index (χ4n) is 2.38. The number of furan rings is 1. The molecule has 1 aromatic carbocycles. The van der Waals surface area contributed by atoms with Gasteiger partial charge in [-0.2, -0.15) is 0 Å². The third kappa shape index (κ3) is 3.42. The minimum Gasteiger partial charge on any atom is -0.480 e. The third-order valence-electron chi connectivity index (χ3n) is 3.51. The van der Waals surface area contributed by atoms with Crippen LogP contribution in [-0.4, -0.2) is 32.2 Å². The van der Waals surface area contributed by atoms with Crippen LogP contribution in [0.3, 0.4) is 0 Å². The van der Waals surface area contributed by atoms with Crippen molar-refractivity contribution in [3.05, 3.63) is 65.0 Å². The molecule has 0 spiro atoms. The average Bonchev–Trinajstić information content (AvgIpc) is 3.16. The smallest absolute Gasteiger partial charge is 0.327 e. The number of hydrogen-bond donors (Lipinski definition) is 1. The van der Waals surface area contributed by atoms with Gasteiger partial charge in [-0.05, 0) is 17.7 Å². The molecule has 0 aliphatic carbocycles. The molecule has 3 rings (SSSR count). The number of thiocarbonyl (C=S) groups is 1. The molecule has 122 valence electrons. The van der Waals surface area contributed by atoms with Gasteiger partial charge in [-0.15, -0.1) is 0 Å². The van der Waals surface area contributed by atoms with E-state index in [1.807, 2.05) is 30.3 Å². The molecule has 1 amide bonds. The Morgan fingerprint density at radius 3 is 2.67 bits per heavy atom. The largest absolute Gasteiger partial charge is 0.480 e. The van der Waals surface area contributed by atoms with E-state index in [2.05, 4.69) is 0 Å². The lowest BCUT2D eigenvalue weighted by Gasteiger charge is -2.23. The Balaban J connectivity index is 1.87. The summed E-state index contributed by atoms with van der Waals surface area (Å²) >= 11 is 6.32. The van der Waals surface area contributed by atoms with E-state index in [0.29, 0.717) is 10.7 Å². The highest BCUT2D eigenvalue weighted by Gasteiger charge is 2.40. The van der Waals surface area contributed by atoms with Crippen LogP contribution in [0, 0.1) is 0 Å². The predicted molar refractivity (Wildman–Crippen MR) is 95.3 cm³/mol. The van der Waals surface area contributed by atoms with Gasteiger partial charge >= 0.3 is 5.97 Å². The molecule has 2 heterocycles. The summed E-state index contributed by atoms with van der Waals surface area (Å²) in [5.74, 6) is -0.982. The minimum atomic E-state index is -1.09. The van der Waals surface area contributed by atoms with Gasteiger partial charge in [0.2, 0.25) is 0 Å². The summed E-state index contributed by atoms with van der Waals surface area (Å²) in [6.45, 7) is 0. The van der Waals surface area contributed by atoms with E-state index in [1.54, 1.807) is 18.2 Å². The Morgan fingerprint density at radius 1 is 1.29 bits per heavy atom. The molecular formula is C17H13NO4S2. The molecule has 1 aliphatic heterocycles. The van der Waals surface area contributed by atoms with Crippen molar-refractivity contribution < 1.29 is 19.1 Å². The summed E-state index contributed by atoms with van der Waals surface area (Å²) < 4.78 is 5.43. The first-order valence-electron chi connectivity index (χ1n) is 7.13. The van der Waals surface area contributed by atoms with Crippen molar-refractivity contribution in [1.82, 2.24) is 4.90 Å². The zero-order valence-corrected chi connectivity index (χ0v) is 14.0. The van der Waals surface area contributed by atoms with Gasteiger partial charge in [0.05, 0.1) is 11.2 Å². The number of rotatable bonds is 5. The van der Waals surface area contributed by atoms with Crippen molar-refractivity contribution in [2.75, 3.05) is 0 Å². The molecule has 2 aromatic rings. The van der Waals surface area contributed by atoms with Gasteiger partial charge in [0, 0.05) is 12.5 Å². The molecule has 1 saturated heterocycles. The second-order valence-electron chi connectivity index (χ2n) is 5.11. The number of carbonyl (C=O) groups excluding carboxylic acids is 1. The topological polar surface area (TPSA) is 70.8 Å². The molecule has 1 unspecified atom stereocenters. The number of aliphatic carboxylic acids is 1. The van der Waals surface area contributed by atoms with Gasteiger partial charge in [0.25, 0.3) is 5.91 Å². The Hall–Kier alpha value is -2.38. The van der Waals surface area contributed by atoms with E-state index in [9.17, 15) is 14.7 Å². The van der Waals surface area contributed by atoms with E-state index >= 15 is 0 Å². The molecule has 0 radical (unpaired) electrons. The summed E-state index contributed by atoms with van der Waals surface area (Å²) in [5, 5.41) is 9.57. The first-order valence-corrected chi connectivity index (χ1v) is 8.36. The maximum Gasteiger partial charge on any atom is 0.327 e. The van der Waals surface area contributed by atoms with E-state index < -0.39 is 17.9 Å². The van der Waals surface area contributed by atoms with Crippen molar-refractivity contribution in [2.24, 2.45) is 0 Å². The molecule has 1 fully saturated rings. The van der Waals surface area contributed by atoms with Crippen LogP contribution in [0.4, 0.5) is 0 Å². The van der Waals surface area contributed by atoms with Crippen molar-refractivity contribution in [2.45, 2.75) is 12.5 Å². The molecule has 7 heteroatoms. The van der Waals surface area contributed by atoms with Crippen LogP contribution in [-0.2, 0) is 16.0 Å². The Bertz CT molecular complexity index is 799. The highest BCUT2D eigenvalue weighted by atomic mass is 32.2. The number of carboxylic acid groups (broad SMARTS) is 1. The van der Waals surface area contributed by atoms with Gasteiger partial charge in [0.15, 0.2) is 0 Å². The third-order valence-corrected chi connectivity index (χ3v) is 4.84. The normalized spacial score (nSPS) is 17.5. The molecule has 0 bridgehead atoms. The summed E-state index contributed by atoms with van der Waals surface area (Å²) in [7, 11) is 0. The second kappa shape index (κ2) is 7.02. The second-order valence-corrected chi connectivity index (χ2v) is 6.79. The van der Waals surface area contributed by atoms with Gasteiger partial charge in [-0.3, -0.25) is 9.69 Å². The number of carbonyl (C=O) groups is 2. The Labute approximate surface area is 148 Å². The number of nitrogens with zero attached hydrogens (tertiary/aromatic N) is 1. The van der Waals surface area contributed by atoms with Crippen LogP contribution in [0.2, 0.25) is 0 Å². The van der Waals surface area contributed by atoms with E-state index in [1.165, 1.54) is 11.2 Å². The highest BCUT2D eigenvalue weighted by molar-refractivity contribution is 8.26. The van der Waals surface area contributed by atoms with Crippen molar-refractivity contribution in [3.8, 4) is 0 Å². The first-order chi connectivity index (χ1) is 11.6.